The zero-order valence-corrected chi connectivity index (χ0v) is 35.0. The topological polar surface area (TPSA) is 136 Å². The number of fused-ring (bicyclic) bond motifs is 1. The van der Waals surface area contributed by atoms with E-state index in [0.717, 1.165) is 37.2 Å². The van der Waals surface area contributed by atoms with E-state index >= 15 is 0 Å². The SMILES string of the molecule is Cc1noc(-c2ccc(N)cc2)c1CSC[C@H]1O[C@@H](n2cc(I)c3c(N)ncnc32)[C@H](O[Si](C)(C)C(C)(C)C)[C@@H]1O[Si](C)(C)C(C)(C)C. The number of nitrogens with zero attached hydrogens (tertiary/aromatic N) is 4. The summed E-state index contributed by atoms with van der Waals surface area (Å²) < 4.78 is 30.6. The van der Waals surface area contributed by atoms with Crippen LogP contribution in [0.25, 0.3) is 22.4 Å². The molecular weight excluding hydrogens is 772 g/mol. The van der Waals surface area contributed by atoms with Crippen LogP contribution in [-0.2, 0) is 19.3 Å². The molecule has 0 unspecified atom stereocenters. The highest BCUT2D eigenvalue weighted by atomic mass is 127. The van der Waals surface area contributed by atoms with E-state index in [-0.39, 0.29) is 28.4 Å². The molecule has 4 atom stereocenters. The van der Waals surface area contributed by atoms with Crippen molar-refractivity contribution in [3.63, 3.8) is 0 Å². The van der Waals surface area contributed by atoms with Crippen molar-refractivity contribution in [3.05, 3.63) is 51.6 Å². The molecule has 0 aliphatic carbocycles. The minimum atomic E-state index is -2.29. The molecule has 14 heteroatoms. The van der Waals surface area contributed by atoms with Crippen LogP contribution in [0.1, 0.15) is 59.0 Å². The summed E-state index contributed by atoms with van der Waals surface area (Å²) in [5.74, 6) is 2.61. The summed E-state index contributed by atoms with van der Waals surface area (Å²) in [6.07, 6.45) is 2.18. The second kappa shape index (κ2) is 13.6. The van der Waals surface area contributed by atoms with Crippen molar-refractivity contribution in [1.82, 2.24) is 19.7 Å². The Morgan fingerprint density at radius 2 is 1.54 bits per heavy atom. The van der Waals surface area contributed by atoms with Gasteiger partial charge in [-0.05, 0) is 90.0 Å². The fourth-order valence-corrected chi connectivity index (χ4v) is 9.91. The van der Waals surface area contributed by atoms with E-state index in [4.69, 9.17) is 29.6 Å². The lowest BCUT2D eigenvalue weighted by molar-refractivity contribution is -0.0244. The molecule has 10 nitrogen and oxygen atoms in total. The highest BCUT2D eigenvalue weighted by Crippen LogP contribution is 2.47. The Labute approximate surface area is 304 Å². The van der Waals surface area contributed by atoms with E-state index in [1.807, 2.05) is 31.2 Å². The molecule has 0 amide bonds. The predicted molar refractivity (Wildman–Crippen MR) is 210 cm³/mol. The smallest absolute Gasteiger partial charge is 0.192 e. The number of aromatic nitrogens is 4. The molecule has 0 spiro atoms. The largest absolute Gasteiger partial charge is 0.408 e. The van der Waals surface area contributed by atoms with Gasteiger partial charge in [-0.25, -0.2) is 9.97 Å². The molecule has 4 heterocycles. The van der Waals surface area contributed by atoms with Crippen molar-refractivity contribution in [2.24, 2.45) is 0 Å². The normalized spacial score (nSPS) is 21.0. The molecular formula is C34H51IN6O4SSi2. The Morgan fingerprint density at radius 1 is 0.938 bits per heavy atom. The van der Waals surface area contributed by atoms with Crippen LogP contribution in [0.4, 0.5) is 11.5 Å². The predicted octanol–water partition coefficient (Wildman–Crippen LogP) is 8.78. The van der Waals surface area contributed by atoms with Gasteiger partial charge < -0.3 is 34.1 Å². The van der Waals surface area contributed by atoms with E-state index in [1.165, 1.54) is 6.33 Å². The van der Waals surface area contributed by atoms with Gasteiger partial charge in [-0.2, -0.15) is 11.8 Å². The first kappa shape index (κ1) is 37.3. The molecule has 0 saturated carbocycles. The molecule has 3 aromatic heterocycles. The maximum Gasteiger partial charge on any atom is 0.192 e. The van der Waals surface area contributed by atoms with Crippen molar-refractivity contribution in [3.8, 4) is 11.3 Å². The molecule has 1 aliphatic heterocycles. The Bertz CT molecular complexity index is 1750. The minimum Gasteiger partial charge on any atom is -0.408 e. The van der Waals surface area contributed by atoms with Gasteiger partial charge in [0.15, 0.2) is 28.6 Å². The first-order chi connectivity index (χ1) is 22.2. The third-order valence-electron chi connectivity index (χ3n) is 10.3. The van der Waals surface area contributed by atoms with Crippen LogP contribution in [0.3, 0.4) is 0 Å². The fourth-order valence-electron chi connectivity index (χ4n) is 5.32. The molecule has 1 fully saturated rings. The second-order valence-corrected chi connectivity index (χ2v) is 27.5. The summed E-state index contributed by atoms with van der Waals surface area (Å²) >= 11 is 4.10. The summed E-state index contributed by atoms with van der Waals surface area (Å²) in [5, 5.41) is 5.11. The number of halogens is 1. The molecule has 1 aromatic carbocycles. The van der Waals surface area contributed by atoms with Gasteiger partial charge >= 0.3 is 0 Å². The van der Waals surface area contributed by atoms with Crippen molar-refractivity contribution in [2.45, 2.75) is 115 Å². The van der Waals surface area contributed by atoms with Gasteiger partial charge in [0.05, 0.1) is 17.2 Å². The van der Waals surface area contributed by atoms with E-state index in [1.54, 1.807) is 11.8 Å². The zero-order valence-electron chi connectivity index (χ0n) is 30.1. The van der Waals surface area contributed by atoms with Gasteiger partial charge in [-0.1, -0.05) is 46.7 Å². The Kier molecular flexibility index (Phi) is 10.6. The van der Waals surface area contributed by atoms with Crippen LogP contribution < -0.4 is 11.5 Å². The first-order valence-electron chi connectivity index (χ1n) is 16.4. The van der Waals surface area contributed by atoms with Gasteiger partial charge in [-0.3, -0.25) is 0 Å². The number of aryl methyl sites for hydroxylation is 1. The zero-order chi connectivity index (χ0) is 35.4. The molecule has 4 N–H and O–H groups in total. The van der Waals surface area contributed by atoms with Crippen LogP contribution in [0, 0.1) is 10.5 Å². The fraction of sp³-hybridized carbons (Fsp3) is 0.559. The highest BCUT2D eigenvalue weighted by Gasteiger charge is 2.54. The summed E-state index contributed by atoms with van der Waals surface area (Å²) in [6, 6.07) is 7.71. The molecule has 262 valence electrons. The van der Waals surface area contributed by atoms with E-state index in [0.29, 0.717) is 23.0 Å². The second-order valence-electron chi connectivity index (χ2n) is 15.8. The maximum absolute atomic E-state index is 7.35. The molecule has 0 bridgehead atoms. The standard InChI is InChI=1S/C34H51IN6O4SSi2/c1-20-23(27(43-40-20)21-12-14-22(36)15-13-21)17-46-18-25-28(44-47(8,9)33(2,3)4)29(45-48(10,11)34(5,6)7)32(42-25)41-16-24(35)26-30(37)38-19-39-31(26)41/h12-16,19,25,28-29,32H,17-18,36H2,1-11H3,(H2,37,38,39)/t25-,28-,29-,32-/m1/s1. The number of hydrogen-bond acceptors (Lipinski definition) is 10. The minimum absolute atomic E-state index is 0.00490. The number of anilines is 2. The molecule has 48 heavy (non-hydrogen) atoms. The number of benzene rings is 1. The van der Waals surface area contributed by atoms with Crippen LogP contribution in [-0.4, -0.2) is 60.4 Å². The van der Waals surface area contributed by atoms with Crippen molar-refractivity contribution in [1.29, 1.82) is 0 Å². The van der Waals surface area contributed by atoms with E-state index in [9.17, 15) is 0 Å². The summed E-state index contributed by atoms with van der Waals surface area (Å²) in [6.45, 7) is 24.8. The van der Waals surface area contributed by atoms with Crippen LogP contribution in [0.2, 0.25) is 36.3 Å². The third-order valence-corrected chi connectivity index (χ3v) is 21.1. The number of ether oxygens (including phenoxy) is 1. The molecule has 4 aromatic rings. The Balaban J connectivity index is 1.53. The van der Waals surface area contributed by atoms with Gasteiger partial charge in [0.2, 0.25) is 0 Å². The number of rotatable bonds is 10. The lowest BCUT2D eigenvalue weighted by Crippen LogP contribution is -2.53. The van der Waals surface area contributed by atoms with E-state index < -0.39 is 22.9 Å². The summed E-state index contributed by atoms with van der Waals surface area (Å²) in [5.41, 5.74) is 16.6. The molecule has 1 saturated heterocycles. The number of hydrogen-bond donors (Lipinski definition) is 2. The average molecular weight is 823 g/mol. The number of nitrogens with two attached hydrogens (primary N) is 2. The lowest BCUT2D eigenvalue weighted by Gasteiger charge is -2.44. The molecule has 1 aliphatic rings. The first-order valence-corrected chi connectivity index (χ1v) is 24.4. The molecule has 5 rings (SSSR count). The van der Waals surface area contributed by atoms with Crippen molar-refractivity contribution >= 4 is 73.5 Å². The third kappa shape index (κ3) is 7.40. The Hall–Kier alpha value is -1.96. The maximum atomic E-state index is 7.35. The number of nitrogen functional groups attached to an aromatic ring is 2. The van der Waals surface area contributed by atoms with Crippen molar-refractivity contribution < 1.29 is 18.1 Å². The van der Waals surface area contributed by atoms with Crippen molar-refractivity contribution in [2.75, 3.05) is 17.2 Å². The van der Waals surface area contributed by atoms with Gasteiger partial charge in [-0.15, -0.1) is 0 Å². The van der Waals surface area contributed by atoms with Gasteiger partial charge in [0, 0.05) is 38.1 Å². The number of thioether (sulfide) groups is 1. The Morgan fingerprint density at radius 3 is 2.15 bits per heavy atom. The van der Waals surface area contributed by atoms with Gasteiger partial charge in [0.1, 0.15) is 30.0 Å². The van der Waals surface area contributed by atoms with Crippen LogP contribution in [0.15, 0.2) is 41.3 Å². The van der Waals surface area contributed by atoms with E-state index in [2.05, 4.69) is 116 Å². The lowest BCUT2D eigenvalue weighted by atomic mass is 10.1. The summed E-state index contributed by atoms with van der Waals surface area (Å²) in [4.78, 5) is 8.95. The summed E-state index contributed by atoms with van der Waals surface area (Å²) in [7, 11) is -4.56. The quantitative estimate of drug-likeness (QED) is 0.0908. The molecule has 0 radical (unpaired) electrons. The van der Waals surface area contributed by atoms with Gasteiger partial charge in [0.25, 0.3) is 0 Å². The monoisotopic (exact) mass is 822 g/mol. The van der Waals surface area contributed by atoms with Crippen LogP contribution >= 0.6 is 34.4 Å². The van der Waals surface area contributed by atoms with Crippen LogP contribution in [0.5, 0.6) is 0 Å². The average Bonchev–Trinajstić information content (AvgIpc) is 3.61. The highest BCUT2D eigenvalue weighted by molar-refractivity contribution is 14.1.